The summed E-state index contributed by atoms with van der Waals surface area (Å²) in [5.41, 5.74) is 4.09. The van der Waals surface area contributed by atoms with Crippen LogP contribution in [0, 0.1) is 0 Å². The van der Waals surface area contributed by atoms with Gasteiger partial charge in [0.2, 0.25) is 0 Å². The predicted molar refractivity (Wildman–Crippen MR) is 86.9 cm³/mol. The van der Waals surface area contributed by atoms with Crippen LogP contribution in [0.4, 0.5) is 0 Å². The molecule has 18 heavy (non-hydrogen) atoms. The van der Waals surface area contributed by atoms with E-state index >= 15 is 0 Å². The number of hydrazine groups is 1. The smallest absolute Gasteiger partial charge is 0.0573 e. The van der Waals surface area contributed by atoms with Crippen LogP contribution in [0.5, 0.6) is 0 Å². The molecule has 0 saturated heterocycles. The standard InChI is InChI=1S/C12H12Br2N2S2/c13-9-3-1-2-4-12(9)18-7-11(16-15)8-5-17-6-10(8)14/h1-6,11,16H,7,15H2. The molecule has 0 amide bonds. The summed E-state index contributed by atoms with van der Waals surface area (Å²) in [4.78, 5) is 1.23. The van der Waals surface area contributed by atoms with Crippen molar-refractivity contribution in [2.75, 3.05) is 5.75 Å². The summed E-state index contributed by atoms with van der Waals surface area (Å²) in [6.07, 6.45) is 0. The predicted octanol–water partition coefficient (Wildman–Crippen LogP) is 4.57. The molecule has 1 atom stereocenters. The minimum Gasteiger partial charge on any atom is -0.271 e. The monoisotopic (exact) mass is 406 g/mol. The van der Waals surface area contributed by atoms with Gasteiger partial charge in [-0.25, -0.2) is 0 Å². The molecule has 96 valence electrons. The van der Waals surface area contributed by atoms with E-state index in [1.54, 1.807) is 23.1 Å². The molecule has 1 aromatic heterocycles. The molecule has 0 aliphatic heterocycles. The van der Waals surface area contributed by atoms with Crippen LogP contribution in [0.3, 0.4) is 0 Å². The number of halogens is 2. The summed E-state index contributed by atoms with van der Waals surface area (Å²) in [6, 6.07) is 8.35. The van der Waals surface area contributed by atoms with Gasteiger partial charge in [0.15, 0.2) is 0 Å². The van der Waals surface area contributed by atoms with Gasteiger partial charge in [-0.1, -0.05) is 12.1 Å². The highest BCUT2D eigenvalue weighted by molar-refractivity contribution is 9.10. The van der Waals surface area contributed by atoms with E-state index in [9.17, 15) is 0 Å². The molecule has 3 N–H and O–H groups in total. The van der Waals surface area contributed by atoms with Crippen molar-refractivity contribution in [1.29, 1.82) is 0 Å². The molecule has 0 bridgehead atoms. The zero-order chi connectivity index (χ0) is 13.0. The molecule has 2 nitrogen and oxygen atoms in total. The van der Waals surface area contributed by atoms with Crippen molar-refractivity contribution < 1.29 is 0 Å². The molecule has 0 radical (unpaired) electrons. The number of nitrogens with one attached hydrogen (secondary N) is 1. The van der Waals surface area contributed by atoms with Crippen LogP contribution < -0.4 is 11.3 Å². The van der Waals surface area contributed by atoms with Crippen molar-refractivity contribution in [3.8, 4) is 0 Å². The molecular formula is C12H12Br2N2S2. The minimum absolute atomic E-state index is 0.141. The lowest BCUT2D eigenvalue weighted by molar-refractivity contribution is 0.610. The van der Waals surface area contributed by atoms with E-state index < -0.39 is 0 Å². The summed E-state index contributed by atoms with van der Waals surface area (Å²) >= 11 is 10.6. The van der Waals surface area contributed by atoms with Gasteiger partial charge in [0.25, 0.3) is 0 Å². The van der Waals surface area contributed by atoms with Crippen LogP contribution in [0.15, 0.2) is 48.9 Å². The molecular weight excluding hydrogens is 396 g/mol. The van der Waals surface area contributed by atoms with Gasteiger partial charge in [-0.3, -0.25) is 11.3 Å². The average Bonchev–Trinajstić information content (AvgIpc) is 2.79. The van der Waals surface area contributed by atoms with Crippen molar-refractivity contribution in [3.63, 3.8) is 0 Å². The Hall–Kier alpha value is 0.150. The molecule has 0 aliphatic rings. The van der Waals surface area contributed by atoms with Crippen molar-refractivity contribution in [2.45, 2.75) is 10.9 Å². The molecule has 1 unspecified atom stereocenters. The van der Waals surface area contributed by atoms with E-state index in [0.29, 0.717) is 0 Å². The number of thioether (sulfide) groups is 1. The van der Waals surface area contributed by atoms with Crippen molar-refractivity contribution in [3.05, 3.63) is 49.5 Å². The second-order valence-corrected chi connectivity index (χ2v) is 7.15. The van der Waals surface area contributed by atoms with Gasteiger partial charge in [0, 0.05) is 25.0 Å². The van der Waals surface area contributed by atoms with E-state index in [0.717, 1.165) is 14.7 Å². The molecule has 2 rings (SSSR count). The van der Waals surface area contributed by atoms with E-state index in [1.165, 1.54) is 10.5 Å². The van der Waals surface area contributed by atoms with Crippen LogP contribution in [0.25, 0.3) is 0 Å². The summed E-state index contributed by atoms with van der Waals surface area (Å²) in [7, 11) is 0. The van der Waals surface area contributed by atoms with E-state index in [1.807, 2.05) is 18.2 Å². The lowest BCUT2D eigenvalue weighted by atomic mass is 10.2. The van der Waals surface area contributed by atoms with Gasteiger partial charge in [-0.2, -0.15) is 11.3 Å². The normalized spacial score (nSPS) is 12.6. The van der Waals surface area contributed by atoms with Crippen molar-refractivity contribution in [2.24, 2.45) is 5.84 Å². The van der Waals surface area contributed by atoms with Crippen LogP contribution in [0.2, 0.25) is 0 Å². The van der Waals surface area contributed by atoms with Gasteiger partial charge in [0.1, 0.15) is 0 Å². The molecule has 1 aromatic carbocycles. The lowest BCUT2D eigenvalue weighted by Crippen LogP contribution is -2.29. The van der Waals surface area contributed by atoms with Gasteiger partial charge in [-0.15, -0.1) is 11.8 Å². The molecule has 6 heteroatoms. The number of hydrogen-bond donors (Lipinski definition) is 2. The fourth-order valence-corrected chi connectivity index (χ4v) is 4.76. The van der Waals surface area contributed by atoms with Crippen LogP contribution in [-0.2, 0) is 0 Å². The number of nitrogens with two attached hydrogens (primary N) is 1. The first kappa shape index (κ1) is 14.6. The molecule has 0 spiro atoms. The molecule has 2 aromatic rings. The zero-order valence-corrected chi connectivity index (χ0v) is 14.2. The number of hydrogen-bond acceptors (Lipinski definition) is 4. The fourth-order valence-electron chi connectivity index (χ4n) is 1.50. The number of benzene rings is 1. The van der Waals surface area contributed by atoms with Crippen LogP contribution >= 0.6 is 55.0 Å². The maximum absolute atomic E-state index is 5.64. The zero-order valence-electron chi connectivity index (χ0n) is 9.40. The number of rotatable bonds is 5. The van der Waals surface area contributed by atoms with Crippen molar-refractivity contribution >= 4 is 55.0 Å². The van der Waals surface area contributed by atoms with E-state index in [2.05, 4.69) is 54.1 Å². The van der Waals surface area contributed by atoms with Crippen molar-refractivity contribution in [1.82, 2.24) is 5.43 Å². The maximum Gasteiger partial charge on any atom is 0.0573 e. The van der Waals surface area contributed by atoms with Gasteiger partial charge < -0.3 is 0 Å². The quantitative estimate of drug-likeness (QED) is 0.433. The summed E-state index contributed by atoms with van der Waals surface area (Å²) in [6.45, 7) is 0. The summed E-state index contributed by atoms with van der Waals surface area (Å²) in [5.74, 6) is 6.53. The SMILES string of the molecule is NNC(CSc1ccccc1Br)c1cscc1Br. The molecule has 0 aliphatic carbocycles. The fraction of sp³-hybridized carbons (Fsp3) is 0.167. The second kappa shape index (κ2) is 7.07. The Labute approximate surface area is 132 Å². The highest BCUT2D eigenvalue weighted by atomic mass is 79.9. The highest BCUT2D eigenvalue weighted by Crippen LogP contribution is 2.33. The minimum atomic E-state index is 0.141. The highest BCUT2D eigenvalue weighted by Gasteiger charge is 2.14. The topological polar surface area (TPSA) is 38.0 Å². The van der Waals surface area contributed by atoms with Gasteiger partial charge in [0.05, 0.1) is 6.04 Å². The Morgan fingerprint density at radius 1 is 1.22 bits per heavy atom. The summed E-state index contributed by atoms with van der Waals surface area (Å²) in [5, 5.41) is 4.19. The number of thiophene rings is 1. The molecule has 0 fully saturated rings. The second-order valence-electron chi connectivity index (χ2n) is 3.64. The third kappa shape index (κ3) is 3.59. The maximum atomic E-state index is 5.64. The third-order valence-electron chi connectivity index (χ3n) is 2.46. The third-order valence-corrected chi connectivity index (χ3v) is 6.33. The van der Waals surface area contributed by atoms with Crippen LogP contribution in [-0.4, -0.2) is 5.75 Å². The molecule has 1 heterocycles. The Bertz CT molecular complexity index is 516. The Balaban J connectivity index is 2.05. The van der Waals surface area contributed by atoms with E-state index in [-0.39, 0.29) is 6.04 Å². The molecule has 0 saturated carbocycles. The van der Waals surface area contributed by atoms with Gasteiger partial charge in [-0.05, 0) is 54.9 Å². The Kier molecular flexibility index (Phi) is 5.72. The summed E-state index contributed by atoms with van der Waals surface area (Å²) < 4.78 is 2.23. The Morgan fingerprint density at radius 2 is 2.00 bits per heavy atom. The van der Waals surface area contributed by atoms with Gasteiger partial charge >= 0.3 is 0 Å². The Morgan fingerprint density at radius 3 is 2.61 bits per heavy atom. The first-order chi connectivity index (χ1) is 8.72. The van der Waals surface area contributed by atoms with Crippen LogP contribution in [0.1, 0.15) is 11.6 Å². The largest absolute Gasteiger partial charge is 0.271 e. The lowest BCUT2D eigenvalue weighted by Gasteiger charge is -2.15. The first-order valence-corrected chi connectivity index (χ1v) is 8.79. The first-order valence-electron chi connectivity index (χ1n) is 5.27. The average molecular weight is 408 g/mol. The van der Waals surface area contributed by atoms with E-state index in [4.69, 9.17) is 5.84 Å².